The molecule has 48 heavy (non-hydrogen) atoms. The summed E-state index contributed by atoms with van der Waals surface area (Å²) in [7, 11) is 0. The number of nitrogens with two attached hydrogens (primary N) is 3. The van der Waals surface area contributed by atoms with Gasteiger partial charge in [-0.15, -0.1) is 0 Å². The quantitative estimate of drug-likeness (QED) is 0.0324. The highest BCUT2D eigenvalue weighted by atomic mass is 16.4. The first-order valence-electron chi connectivity index (χ1n) is 15.6. The molecule has 0 spiro atoms. The zero-order valence-corrected chi connectivity index (χ0v) is 27.4. The van der Waals surface area contributed by atoms with Crippen molar-refractivity contribution >= 4 is 47.4 Å². The van der Waals surface area contributed by atoms with E-state index in [1.54, 1.807) is 0 Å². The van der Waals surface area contributed by atoms with Gasteiger partial charge in [0.25, 0.3) is 0 Å². The van der Waals surface area contributed by atoms with Crippen LogP contribution in [0.3, 0.4) is 0 Å². The number of hydrogen-bond donors (Lipinski definition) is 11. The van der Waals surface area contributed by atoms with E-state index >= 15 is 0 Å². The van der Waals surface area contributed by atoms with Crippen molar-refractivity contribution in [2.45, 2.75) is 89.1 Å². The first-order valence-corrected chi connectivity index (χ1v) is 15.6. The summed E-state index contributed by atoms with van der Waals surface area (Å²) in [6.07, 6.45) is 1.22. The average Bonchev–Trinajstić information content (AvgIpc) is 3.52. The lowest BCUT2D eigenvalue weighted by Crippen LogP contribution is -2.58. The first-order chi connectivity index (χ1) is 22.5. The molecule has 20 nitrogen and oxygen atoms in total. The fraction of sp³-hybridized carbons (Fsp3) is 0.714. The number of hydrogen-bond acceptors (Lipinski definition) is 11. The molecular formula is C28H50N10O10. The fourth-order valence-corrected chi connectivity index (χ4v) is 4.72. The summed E-state index contributed by atoms with van der Waals surface area (Å²) in [6, 6.07) is -7.28. The molecule has 1 aliphatic rings. The van der Waals surface area contributed by atoms with Crippen LogP contribution < -0.4 is 43.8 Å². The number of carbonyl (C=O) groups is 7. The maximum absolute atomic E-state index is 13.7. The molecule has 0 aromatic carbocycles. The van der Waals surface area contributed by atoms with Crippen LogP contribution in [0.2, 0.25) is 0 Å². The number of aliphatic carboxylic acids is 1. The summed E-state index contributed by atoms with van der Waals surface area (Å²) in [4.78, 5) is 93.6. The molecule has 1 aliphatic heterocycles. The Kier molecular flexibility index (Phi) is 17.8. The Labute approximate surface area is 278 Å². The summed E-state index contributed by atoms with van der Waals surface area (Å²) < 4.78 is 0. The van der Waals surface area contributed by atoms with Gasteiger partial charge in [0.05, 0.1) is 19.8 Å². The van der Waals surface area contributed by atoms with Gasteiger partial charge in [0.15, 0.2) is 5.96 Å². The molecule has 272 valence electrons. The summed E-state index contributed by atoms with van der Waals surface area (Å²) in [6.45, 7) is 3.21. The van der Waals surface area contributed by atoms with Crippen LogP contribution in [-0.4, -0.2) is 137 Å². The summed E-state index contributed by atoms with van der Waals surface area (Å²) in [5, 5.41) is 39.3. The van der Waals surface area contributed by atoms with Gasteiger partial charge in [0, 0.05) is 13.1 Å². The fourth-order valence-electron chi connectivity index (χ4n) is 4.72. The smallest absolute Gasteiger partial charge is 0.328 e. The number of guanidine groups is 1. The Morgan fingerprint density at radius 2 is 1.54 bits per heavy atom. The number of amides is 6. The monoisotopic (exact) mass is 686 g/mol. The van der Waals surface area contributed by atoms with Crippen molar-refractivity contribution in [3.8, 4) is 0 Å². The standard InChI is InChI=1S/C28H50N10O10/c1-14(2)10-18(24(44)34-15(3)22(42)37-19(13-40)27(47)48)36-25(45)20-7-5-9-38(20)26(46)17(6-4-8-32-28(30)31)35-21(41)11-33-23(43)16(29)12-39/h14-20,39-40H,4-13,29H2,1-3H3,(H,33,43)(H,34,44)(H,35,41)(H,36,45)(H,37,42)(H,47,48)(H4,30,31,32)/t15-,16-,17-,18-,19-,20-/m0/s1. The van der Waals surface area contributed by atoms with Gasteiger partial charge in [-0.3, -0.25) is 33.8 Å². The van der Waals surface area contributed by atoms with E-state index in [1.165, 1.54) is 11.8 Å². The molecular weight excluding hydrogens is 636 g/mol. The van der Waals surface area contributed by atoms with Gasteiger partial charge in [-0.2, -0.15) is 0 Å². The van der Waals surface area contributed by atoms with Crippen LogP contribution in [0, 0.1) is 5.92 Å². The Balaban J connectivity index is 3.06. The van der Waals surface area contributed by atoms with Crippen molar-refractivity contribution in [2.75, 3.05) is 32.8 Å². The molecule has 1 fully saturated rings. The third-order valence-corrected chi connectivity index (χ3v) is 7.26. The minimum atomic E-state index is -1.57. The second kappa shape index (κ2) is 20.6. The molecule has 0 aromatic rings. The molecule has 1 saturated heterocycles. The molecule has 0 bridgehead atoms. The van der Waals surface area contributed by atoms with E-state index in [9.17, 15) is 33.6 Å². The second-order valence-corrected chi connectivity index (χ2v) is 11.8. The topological polar surface area (TPSA) is 334 Å². The number of carboxylic acids is 1. The van der Waals surface area contributed by atoms with E-state index in [1.807, 2.05) is 13.8 Å². The number of aliphatic hydroxyl groups is 2. The van der Waals surface area contributed by atoms with Crippen molar-refractivity contribution in [2.24, 2.45) is 28.1 Å². The number of aliphatic hydroxyl groups excluding tert-OH is 2. The molecule has 0 aliphatic carbocycles. The third-order valence-electron chi connectivity index (χ3n) is 7.26. The minimum absolute atomic E-state index is 0.0770. The van der Waals surface area contributed by atoms with E-state index in [-0.39, 0.29) is 50.7 Å². The SMILES string of the molecule is CC(C)C[C@H](NC(=O)[C@@H]1CCCN1C(=O)[C@H](CCCN=C(N)N)NC(=O)CNC(=O)[C@@H](N)CO)C(=O)N[C@@H](C)C(=O)N[C@@H](CO)C(=O)O. The van der Waals surface area contributed by atoms with Gasteiger partial charge in [-0.05, 0) is 44.9 Å². The lowest BCUT2D eigenvalue weighted by Gasteiger charge is -2.30. The molecule has 0 unspecified atom stereocenters. The van der Waals surface area contributed by atoms with Gasteiger partial charge in [-0.25, -0.2) is 4.79 Å². The van der Waals surface area contributed by atoms with Crippen molar-refractivity contribution in [1.29, 1.82) is 0 Å². The minimum Gasteiger partial charge on any atom is -0.480 e. The Bertz CT molecular complexity index is 1180. The highest BCUT2D eigenvalue weighted by Crippen LogP contribution is 2.20. The van der Waals surface area contributed by atoms with Crippen LogP contribution >= 0.6 is 0 Å². The van der Waals surface area contributed by atoms with Crippen molar-refractivity contribution in [1.82, 2.24) is 31.5 Å². The van der Waals surface area contributed by atoms with Crippen LogP contribution in [0.15, 0.2) is 4.99 Å². The van der Waals surface area contributed by atoms with Crippen LogP contribution in [-0.2, 0) is 33.6 Å². The second-order valence-electron chi connectivity index (χ2n) is 11.8. The molecule has 1 rings (SSSR count). The summed E-state index contributed by atoms with van der Waals surface area (Å²) in [5.41, 5.74) is 16.2. The van der Waals surface area contributed by atoms with Crippen molar-refractivity contribution in [3.63, 3.8) is 0 Å². The summed E-state index contributed by atoms with van der Waals surface area (Å²) in [5.74, 6) is -6.03. The third kappa shape index (κ3) is 14.1. The number of carbonyl (C=O) groups excluding carboxylic acids is 6. The molecule has 6 atom stereocenters. The molecule has 0 aromatic heterocycles. The number of nitrogens with one attached hydrogen (secondary N) is 5. The highest BCUT2D eigenvalue weighted by Gasteiger charge is 2.39. The van der Waals surface area contributed by atoms with E-state index in [0.717, 1.165) is 0 Å². The lowest BCUT2D eigenvalue weighted by atomic mass is 10.0. The Hall–Kier alpha value is -4.56. The number of carboxylic acid groups (broad SMARTS) is 1. The van der Waals surface area contributed by atoms with Gasteiger partial charge in [0.2, 0.25) is 35.4 Å². The molecule has 0 radical (unpaired) electrons. The first kappa shape index (κ1) is 41.5. The Morgan fingerprint density at radius 1 is 0.875 bits per heavy atom. The number of likely N-dealkylation sites (tertiary alicyclic amines) is 1. The Morgan fingerprint density at radius 3 is 2.10 bits per heavy atom. The maximum Gasteiger partial charge on any atom is 0.328 e. The zero-order chi connectivity index (χ0) is 36.6. The summed E-state index contributed by atoms with van der Waals surface area (Å²) >= 11 is 0. The molecule has 14 N–H and O–H groups in total. The predicted molar refractivity (Wildman–Crippen MR) is 170 cm³/mol. The van der Waals surface area contributed by atoms with Crippen LogP contribution in [0.1, 0.15) is 52.9 Å². The average molecular weight is 687 g/mol. The number of rotatable bonds is 20. The van der Waals surface area contributed by atoms with Crippen LogP contribution in [0.4, 0.5) is 0 Å². The highest BCUT2D eigenvalue weighted by molar-refractivity contribution is 5.96. The molecule has 1 heterocycles. The van der Waals surface area contributed by atoms with E-state index in [2.05, 4.69) is 31.6 Å². The molecule has 20 heteroatoms. The van der Waals surface area contributed by atoms with Crippen LogP contribution in [0.5, 0.6) is 0 Å². The van der Waals surface area contributed by atoms with Crippen molar-refractivity contribution in [3.05, 3.63) is 0 Å². The predicted octanol–water partition coefficient (Wildman–Crippen LogP) is -5.45. The zero-order valence-electron chi connectivity index (χ0n) is 27.4. The maximum atomic E-state index is 13.7. The van der Waals surface area contributed by atoms with E-state index in [0.29, 0.717) is 6.42 Å². The lowest BCUT2D eigenvalue weighted by molar-refractivity contribution is -0.143. The van der Waals surface area contributed by atoms with Crippen LogP contribution in [0.25, 0.3) is 0 Å². The van der Waals surface area contributed by atoms with Gasteiger partial charge in [-0.1, -0.05) is 13.8 Å². The molecule has 0 saturated carbocycles. The number of nitrogens with zero attached hydrogens (tertiary/aromatic N) is 2. The van der Waals surface area contributed by atoms with Crippen molar-refractivity contribution < 1.29 is 48.9 Å². The van der Waals surface area contributed by atoms with E-state index in [4.69, 9.17) is 32.5 Å². The van der Waals surface area contributed by atoms with Gasteiger partial charge in [0.1, 0.15) is 36.3 Å². The normalized spacial score (nSPS) is 17.2. The van der Waals surface area contributed by atoms with Gasteiger partial charge < -0.3 is 64.0 Å². The molecule has 6 amide bonds. The van der Waals surface area contributed by atoms with E-state index < -0.39 is 97.4 Å². The number of aliphatic imine (C=N–C) groups is 1. The van der Waals surface area contributed by atoms with Gasteiger partial charge >= 0.3 is 5.97 Å². The largest absolute Gasteiger partial charge is 0.480 e.